The van der Waals surface area contributed by atoms with Crippen LogP contribution in [0.1, 0.15) is 61.7 Å². The van der Waals surface area contributed by atoms with Gasteiger partial charge in [-0.25, -0.2) is 0 Å². The van der Waals surface area contributed by atoms with Crippen molar-refractivity contribution in [1.82, 2.24) is 10.6 Å². The van der Waals surface area contributed by atoms with Gasteiger partial charge in [0.25, 0.3) is 5.91 Å². The fourth-order valence-electron chi connectivity index (χ4n) is 3.75. The van der Waals surface area contributed by atoms with Crippen molar-refractivity contribution in [3.8, 4) is 0 Å². The normalized spacial score (nSPS) is 17.8. The molecule has 1 aliphatic heterocycles. The summed E-state index contributed by atoms with van der Waals surface area (Å²) in [7, 11) is 0. The van der Waals surface area contributed by atoms with Crippen molar-refractivity contribution in [1.29, 1.82) is 0 Å². The quantitative estimate of drug-likeness (QED) is 0.782. The first-order valence-electron chi connectivity index (χ1n) is 9.72. The maximum atomic E-state index is 12.6. The molecule has 1 aromatic carbocycles. The third-order valence-electron chi connectivity index (χ3n) is 5.18. The summed E-state index contributed by atoms with van der Waals surface area (Å²) in [6, 6.07) is 5.18. The highest BCUT2D eigenvalue weighted by Gasteiger charge is 2.26. The molecule has 2 N–H and O–H groups in total. The minimum absolute atomic E-state index is 0.00169. The van der Waals surface area contributed by atoms with Crippen LogP contribution in [0.4, 0.5) is 5.69 Å². The molecule has 6 nitrogen and oxygen atoms in total. The number of nitrogens with zero attached hydrogens (tertiary/aromatic N) is 1. The van der Waals surface area contributed by atoms with E-state index in [1.807, 2.05) is 0 Å². The van der Waals surface area contributed by atoms with Crippen molar-refractivity contribution in [2.75, 3.05) is 18.0 Å². The van der Waals surface area contributed by atoms with Crippen molar-refractivity contribution < 1.29 is 14.4 Å². The lowest BCUT2D eigenvalue weighted by Crippen LogP contribution is -2.38. The number of carbonyl (C=O) groups excluding carboxylic acids is 3. The molecule has 3 amide bonds. The fraction of sp³-hybridized carbons (Fsp3) is 0.550. The second-order valence-electron chi connectivity index (χ2n) is 7.22. The summed E-state index contributed by atoms with van der Waals surface area (Å²) in [6.45, 7) is 0.844. The first-order valence-corrected chi connectivity index (χ1v) is 10.1. The van der Waals surface area contributed by atoms with Gasteiger partial charge in [0.05, 0.1) is 11.3 Å². The lowest BCUT2D eigenvalue weighted by molar-refractivity contribution is -0.122. The lowest BCUT2D eigenvalue weighted by Gasteiger charge is -2.23. The summed E-state index contributed by atoms with van der Waals surface area (Å²) in [4.78, 5) is 38.3. The Morgan fingerprint density at radius 2 is 1.93 bits per heavy atom. The highest BCUT2D eigenvalue weighted by Crippen LogP contribution is 2.28. The predicted molar refractivity (Wildman–Crippen MR) is 105 cm³/mol. The molecular formula is C20H26ClN3O3. The predicted octanol–water partition coefficient (Wildman–Crippen LogP) is 3.04. The number of hydrogen-bond acceptors (Lipinski definition) is 3. The third-order valence-corrected chi connectivity index (χ3v) is 5.41. The van der Waals surface area contributed by atoms with Crippen LogP contribution in [0.25, 0.3) is 0 Å². The summed E-state index contributed by atoms with van der Waals surface area (Å²) in [5.41, 5.74) is 0.941. The highest BCUT2D eigenvalue weighted by atomic mass is 35.5. The zero-order chi connectivity index (χ0) is 19.2. The summed E-state index contributed by atoms with van der Waals surface area (Å²) < 4.78 is 0. The van der Waals surface area contributed by atoms with Gasteiger partial charge in [-0.2, -0.15) is 0 Å². The Morgan fingerprint density at radius 1 is 1.15 bits per heavy atom. The van der Waals surface area contributed by atoms with Crippen molar-refractivity contribution in [3.63, 3.8) is 0 Å². The first kappa shape index (κ1) is 19.7. The Labute approximate surface area is 164 Å². The van der Waals surface area contributed by atoms with Crippen molar-refractivity contribution in [2.24, 2.45) is 0 Å². The van der Waals surface area contributed by atoms with Gasteiger partial charge in [0, 0.05) is 37.0 Å². The van der Waals surface area contributed by atoms with Crippen molar-refractivity contribution >= 4 is 35.0 Å². The van der Waals surface area contributed by atoms with E-state index in [4.69, 9.17) is 11.6 Å². The number of halogens is 1. The fourth-order valence-corrected chi connectivity index (χ4v) is 3.92. The van der Waals surface area contributed by atoms with E-state index in [0.717, 1.165) is 32.1 Å². The average Bonchev–Trinajstić information content (AvgIpc) is 3.08. The zero-order valence-corrected chi connectivity index (χ0v) is 16.2. The van der Waals surface area contributed by atoms with Gasteiger partial charge in [0.2, 0.25) is 11.8 Å². The van der Waals surface area contributed by atoms with Gasteiger partial charge < -0.3 is 15.5 Å². The minimum Gasteiger partial charge on any atom is -0.353 e. The van der Waals surface area contributed by atoms with Crippen LogP contribution in [0.5, 0.6) is 0 Å². The number of nitrogens with one attached hydrogen (secondary N) is 2. The van der Waals surface area contributed by atoms with Gasteiger partial charge in [-0.15, -0.1) is 0 Å². The van der Waals surface area contributed by atoms with E-state index in [-0.39, 0.29) is 36.7 Å². The molecule has 146 valence electrons. The Morgan fingerprint density at radius 3 is 2.63 bits per heavy atom. The van der Waals surface area contributed by atoms with E-state index in [1.54, 1.807) is 23.1 Å². The molecule has 1 heterocycles. The minimum atomic E-state index is -0.299. The molecule has 0 radical (unpaired) electrons. The molecule has 0 aromatic heterocycles. The summed E-state index contributed by atoms with van der Waals surface area (Å²) >= 11 is 6.06. The molecule has 1 aromatic rings. The molecule has 0 bridgehead atoms. The second kappa shape index (κ2) is 9.22. The number of anilines is 1. The number of carbonyl (C=O) groups is 3. The summed E-state index contributed by atoms with van der Waals surface area (Å²) in [5, 5.41) is 6.31. The molecule has 7 heteroatoms. The molecule has 2 aliphatic rings. The molecule has 2 fully saturated rings. The average molecular weight is 392 g/mol. The topological polar surface area (TPSA) is 78.5 Å². The number of rotatable bonds is 6. The summed E-state index contributed by atoms with van der Waals surface area (Å²) in [6.07, 6.45) is 7.14. The maximum Gasteiger partial charge on any atom is 0.253 e. The molecule has 1 saturated heterocycles. The van der Waals surface area contributed by atoms with Crippen LogP contribution in [-0.2, 0) is 9.59 Å². The second-order valence-corrected chi connectivity index (χ2v) is 7.66. The largest absolute Gasteiger partial charge is 0.353 e. The summed E-state index contributed by atoms with van der Waals surface area (Å²) in [5.74, 6) is -0.335. The van der Waals surface area contributed by atoms with E-state index < -0.39 is 0 Å². The third kappa shape index (κ3) is 5.22. The molecule has 0 unspecified atom stereocenters. The molecule has 1 aliphatic carbocycles. The van der Waals surface area contributed by atoms with Crippen LogP contribution >= 0.6 is 11.6 Å². The number of amides is 3. The SMILES string of the molecule is O=C(CCNC(=O)c1ccc(Cl)cc1N1CCCC1=O)NC1CCCCC1. The van der Waals surface area contributed by atoms with E-state index in [9.17, 15) is 14.4 Å². The van der Waals surface area contributed by atoms with E-state index in [1.165, 1.54) is 6.42 Å². The Hall–Kier alpha value is -2.08. The lowest BCUT2D eigenvalue weighted by atomic mass is 9.95. The molecular weight excluding hydrogens is 366 g/mol. The first-order chi connectivity index (χ1) is 13.0. The van der Waals surface area contributed by atoms with Gasteiger partial charge in [0.15, 0.2) is 0 Å². The Kier molecular flexibility index (Phi) is 6.72. The van der Waals surface area contributed by atoms with E-state index in [2.05, 4.69) is 10.6 Å². The Bertz CT molecular complexity index is 716. The number of benzene rings is 1. The van der Waals surface area contributed by atoms with Gasteiger partial charge in [-0.05, 0) is 37.5 Å². The maximum absolute atomic E-state index is 12.6. The smallest absolute Gasteiger partial charge is 0.253 e. The van der Waals surface area contributed by atoms with Gasteiger partial charge in [0.1, 0.15) is 0 Å². The Balaban J connectivity index is 1.55. The van der Waals surface area contributed by atoms with E-state index in [0.29, 0.717) is 29.2 Å². The van der Waals surface area contributed by atoms with Crippen LogP contribution in [0.2, 0.25) is 5.02 Å². The van der Waals surface area contributed by atoms with Crippen LogP contribution < -0.4 is 15.5 Å². The van der Waals surface area contributed by atoms with Crippen molar-refractivity contribution in [3.05, 3.63) is 28.8 Å². The monoisotopic (exact) mass is 391 g/mol. The standard InChI is InChI=1S/C20H26ClN3O3/c21-14-8-9-16(17(13-14)24-12-4-7-19(24)26)20(27)22-11-10-18(25)23-15-5-2-1-3-6-15/h8-9,13,15H,1-7,10-12H2,(H,22,27)(H,23,25). The van der Waals surface area contributed by atoms with Crippen molar-refractivity contribution in [2.45, 2.75) is 57.4 Å². The van der Waals surface area contributed by atoms with Crippen LogP contribution in [0.3, 0.4) is 0 Å². The van der Waals surface area contributed by atoms with Gasteiger partial charge in [-0.3, -0.25) is 14.4 Å². The molecule has 0 spiro atoms. The van der Waals surface area contributed by atoms with Crippen LogP contribution in [0.15, 0.2) is 18.2 Å². The molecule has 1 saturated carbocycles. The highest BCUT2D eigenvalue weighted by molar-refractivity contribution is 6.31. The molecule has 27 heavy (non-hydrogen) atoms. The van der Waals surface area contributed by atoms with E-state index >= 15 is 0 Å². The molecule has 3 rings (SSSR count). The molecule has 0 atom stereocenters. The van der Waals surface area contributed by atoms with Gasteiger partial charge >= 0.3 is 0 Å². The zero-order valence-electron chi connectivity index (χ0n) is 15.4. The van der Waals surface area contributed by atoms with Crippen LogP contribution in [-0.4, -0.2) is 36.9 Å². The van der Waals surface area contributed by atoms with Gasteiger partial charge in [-0.1, -0.05) is 30.9 Å². The van der Waals surface area contributed by atoms with Crippen LogP contribution in [0, 0.1) is 0 Å². The number of hydrogen-bond donors (Lipinski definition) is 2.